The molecule has 20 heavy (non-hydrogen) atoms. The average molecular weight is 265 g/mol. The van der Waals surface area contributed by atoms with Crippen LogP contribution in [-0.4, -0.2) is 17.5 Å². The third-order valence-corrected chi connectivity index (χ3v) is 5.28. The van der Waals surface area contributed by atoms with E-state index >= 15 is 0 Å². The average Bonchev–Trinajstić information content (AvgIpc) is 3.15. The van der Waals surface area contributed by atoms with Crippen molar-refractivity contribution in [2.24, 2.45) is 0 Å². The highest BCUT2D eigenvalue weighted by molar-refractivity contribution is 5.47. The van der Waals surface area contributed by atoms with E-state index in [0.29, 0.717) is 12.0 Å². The van der Waals surface area contributed by atoms with Crippen molar-refractivity contribution in [2.45, 2.75) is 30.8 Å². The number of rotatable bonds is 0. The topological polar surface area (TPSA) is 3.01 Å². The molecule has 2 fully saturated rings. The second-order valence-electron chi connectivity index (χ2n) is 6.36. The van der Waals surface area contributed by atoms with E-state index in [2.05, 4.69) is 29.2 Å². The normalized spacial score (nSPS) is 32.6. The molecule has 0 N–H and O–H groups in total. The summed E-state index contributed by atoms with van der Waals surface area (Å²) in [5.41, 5.74) is 5.45. The molecule has 1 nitrogen and oxygen atoms in total. The summed E-state index contributed by atoms with van der Waals surface area (Å²) in [5.74, 6) is 0.451. The fraction of sp³-hybridized carbons (Fsp3) is 0.333. The molecule has 5 rings (SSSR count). The van der Waals surface area contributed by atoms with Gasteiger partial charge in [0.2, 0.25) is 0 Å². The van der Waals surface area contributed by atoms with Gasteiger partial charge in [-0.05, 0) is 47.2 Å². The second-order valence-corrected chi connectivity index (χ2v) is 6.36. The van der Waals surface area contributed by atoms with Crippen molar-refractivity contribution >= 4 is 0 Å². The minimum absolute atomic E-state index is 0.0984. The van der Waals surface area contributed by atoms with Crippen LogP contribution in [0.5, 0.6) is 0 Å². The van der Waals surface area contributed by atoms with Crippen molar-refractivity contribution in [3.63, 3.8) is 0 Å². The molecule has 4 atom stereocenters. The zero-order valence-corrected chi connectivity index (χ0v) is 11.2. The van der Waals surface area contributed by atoms with Gasteiger partial charge in [0, 0.05) is 24.5 Å². The second kappa shape index (κ2) is 3.70. The maximum atomic E-state index is 13.7. The van der Waals surface area contributed by atoms with Gasteiger partial charge in [0.25, 0.3) is 0 Å². The van der Waals surface area contributed by atoms with Gasteiger partial charge in [-0.25, -0.2) is 4.39 Å². The maximum Gasteiger partial charge on any atom is 0.123 e. The molecule has 2 saturated heterocycles. The molecule has 2 heterocycles. The number of benzene rings is 2. The Morgan fingerprint density at radius 1 is 1.00 bits per heavy atom. The Kier molecular flexibility index (Phi) is 2.04. The van der Waals surface area contributed by atoms with Crippen molar-refractivity contribution in [1.82, 2.24) is 4.90 Å². The van der Waals surface area contributed by atoms with E-state index in [1.54, 1.807) is 12.1 Å². The van der Waals surface area contributed by atoms with Gasteiger partial charge < -0.3 is 0 Å². The van der Waals surface area contributed by atoms with E-state index in [0.717, 1.165) is 12.5 Å². The summed E-state index contributed by atoms with van der Waals surface area (Å²) in [7, 11) is 0. The van der Waals surface area contributed by atoms with Crippen LogP contribution in [-0.2, 0) is 6.42 Å². The SMILES string of the molecule is Fc1ccc2c(c1)[C@@H]1[C@H](C[C@@H]3CN31)c1ccccc1C2. The van der Waals surface area contributed by atoms with Crippen LogP contribution in [0.3, 0.4) is 0 Å². The Labute approximate surface area is 118 Å². The van der Waals surface area contributed by atoms with Crippen LogP contribution in [0.1, 0.15) is 40.6 Å². The van der Waals surface area contributed by atoms with Gasteiger partial charge in [0.05, 0.1) is 0 Å². The first-order chi connectivity index (χ1) is 9.81. The van der Waals surface area contributed by atoms with Crippen LogP contribution >= 0.6 is 0 Å². The number of nitrogens with zero attached hydrogens (tertiary/aromatic N) is 1. The first-order valence-electron chi connectivity index (χ1n) is 7.43. The first kappa shape index (κ1) is 11.0. The zero-order chi connectivity index (χ0) is 13.3. The highest BCUT2D eigenvalue weighted by Crippen LogP contribution is 2.56. The summed E-state index contributed by atoms with van der Waals surface area (Å²) in [5, 5.41) is 0. The van der Waals surface area contributed by atoms with E-state index in [1.807, 2.05) is 6.07 Å². The molecule has 3 aliphatic rings. The monoisotopic (exact) mass is 265 g/mol. The Morgan fingerprint density at radius 3 is 2.80 bits per heavy atom. The lowest BCUT2D eigenvalue weighted by molar-refractivity contribution is 0.403. The number of fused-ring (bicyclic) bond motifs is 7. The Hall–Kier alpha value is -1.67. The van der Waals surface area contributed by atoms with Crippen LogP contribution in [0.15, 0.2) is 42.5 Å². The molecule has 100 valence electrons. The molecule has 0 radical (unpaired) electrons. The van der Waals surface area contributed by atoms with Crippen molar-refractivity contribution in [1.29, 1.82) is 0 Å². The van der Waals surface area contributed by atoms with Crippen molar-refractivity contribution < 1.29 is 4.39 Å². The van der Waals surface area contributed by atoms with Gasteiger partial charge in [0.1, 0.15) is 5.82 Å². The summed E-state index contributed by atoms with van der Waals surface area (Å²) in [4.78, 5) is 2.55. The summed E-state index contributed by atoms with van der Waals surface area (Å²) >= 11 is 0. The van der Waals surface area contributed by atoms with Gasteiger partial charge in [-0.3, -0.25) is 4.90 Å². The lowest BCUT2D eigenvalue weighted by Gasteiger charge is -2.23. The van der Waals surface area contributed by atoms with Crippen LogP contribution in [0, 0.1) is 5.82 Å². The Bertz CT molecular complexity index is 708. The molecule has 0 aromatic heterocycles. The van der Waals surface area contributed by atoms with E-state index in [-0.39, 0.29) is 5.82 Å². The number of hydrogen-bond donors (Lipinski definition) is 0. The van der Waals surface area contributed by atoms with Crippen LogP contribution in [0.25, 0.3) is 0 Å². The molecule has 0 saturated carbocycles. The summed E-state index contributed by atoms with van der Waals surface area (Å²) < 4.78 is 13.7. The van der Waals surface area contributed by atoms with Gasteiger partial charge in [-0.15, -0.1) is 0 Å². The zero-order valence-electron chi connectivity index (χ0n) is 11.2. The molecule has 2 aromatic rings. The highest BCUT2D eigenvalue weighted by atomic mass is 19.1. The lowest BCUT2D eigenvalue weighted by Crippen LogP contribution is -2.14. The largest absolute Gasteiger partial charge is 0.290 e. The number of hydrogen-bond acceptors (Lipinski definition) is 1. The van der Waals surface area contributed by atoms with Crippen LogP contribution < -0.4 is 0 Å². The molecule has 1 unspecified atom stereocenters. The molecule has 0 amide bonds. The molecular formula is C18H16FN. The van der Waals surface area contributed by atoms with Gasteiger partial charge >= 0.3 is 0 Å². The molecule has 1 aliphatic carbocycles. The molecule has 0 bridgehead atoms. The summed E-state index contributed by atoms with van der Waals surface area (Å²) in [6, 6.07) is 15.3. The van der Waals surface area contributed by atoms with Crippen LogP contribution in [0.4, 0.5) is 4.39 Å². The maximum absolute atomic E-state index is 13.7. The minimum Gasteiger partial charge on any atom is -0.290 e. The molecule has 2 aromatic carbocycles. The van der Waals surface area contributed by atoms with Gasteiger partial charge in [-0.2, -0.15) is 0 Å². The van der Waals surface area contributed by atoms with Gasteiger partial charge in [0.15, 0.2) is 0 Å². The van der Waals surface area contributed by atoms with E-state index in [1.165, 1.54) is 35.2 Å². The summed E-state index contributed by atoms with van der Waals surface area (Å²) in [6.07, 6.45) is 2.18. The predicted molar refractivity (Wildman–Crippen MR) is 76.2 cm³/mol. The Morgan fingerprint density at radius 2 is 1.85 bits per heavy atom. The third-order valence-electron chi connectivity index (χ3n) is 5.28. The molecule has 2 aliphatic heterocycles. The fourth-order valence-electron chi connectivity index (χ4n) is 4.36. The van der Waals surface area contributed by atoms with E-state index in [4.69, 9.17) is 0 Å². The number of piperidine rings is 1. The molecule has 0 spiro atoms. The smallest absolute Gasteiger partial charge is 0.123 e. The van der Waals surface area contributed by atoms with Crippen molar-refractivity contribution in [3.8, 4) is 0 Å². The standard InChI is InChI=1S/C18H16FN/c19-13-6-5-12-7-11-3-1-2-4-15(11)17-9-14-10-20(14)18(17)16(12)8-13/h1-6,8,14,17-18H,7,9-10H2/t14-,17-,18-,20?/m1/s1. The Balaban J connectivity index is 1.76. The van der Waals surface area contributed by atoms with Crippen molar-refractivity contribution in [3.05, 3.63) is 70.5 Å². The quantitative estimate of drug-likeness (QED) is 0.657. The van der Waals surface area contributed by atoms with E-state index < -0.39 is 0 Å². The third kappa shape index (κ3) is 1.40. The van der Waals surface area contributed by atoms with Crippen LogP contribution in [0.2, 0.25) is 0 Å². The molecule has 2 heteroatoms. The van der Waals surface area contributed by atoms with Crippen molar-refractivity contribution in [2.75, 3.05) is 6.54 Å². The summed E-state index contributed by atoms with van der Waals surface area (Å²) in [6.45, 7) is 1.19. The predicted octanol–water partition coefficient (Wildman–Crippen LogP) is 3.64. The van der Waals surface area contributed by atoms with Gasteiger partial charge in [-0.1, -0.05) is 30.3 Å². The lowest BCUT2D eigenvalue weighted by atomic mass is 9.86. The first-order valence-corrected chi connectivity index (χ1v) is 7.43. The fourth-order valence-corrected chi connectivity index (χ4v) is 4.36. The van der Waals surface area contributed by atoms with E-state index in [9.17, 15) is 4.39 Å². The minimum atomic E-state index is -0.0984. The highest BCUT2D eigenvalue weighted by Gasteiger charge is 2.53. The number of halogens is 1. The molecular weight excluding hydrogens is 249 g/mol.